The molecule has 0 aliphatic heterocycles. The van der Waals surface area contributed by atoms with Gasteiger partial charge in [0.2, 0.25) is 0 Å². The van der Waals surface area contributed by atoms with E-state index in [4.69, 9.17) is 5.73 Å². The fraction of sp³-hybridized carbons (Fsp3) is 0. The van der Waals surface area contributed by atoms with Gasteiger partial charge in [0.15, 0.2) is 0 Å². The fourth-order valence-electron chi connectivity index (χ4n) is 1.14. The highest BCUT2D eigenvalue weighted by molar-refractivity contribution is 7.14. The molecule has 0 saturated carbocycles. The van der Waals surface area contributed by atoms with Crippen molar-refractivity contribution < 1.29 is 0 Å². The second-order valence-corrected chi connectivity index (χ2v) is 3.49. The van der Waals surface area contributed by atoms with E-state index in [0.717, 1.165) is 10.6 Å². The van der Waals surface area contributed by atoms with Crippen molar-refractivity contribution in [2.45, 2.75) is 0 Å². The van der Waals surface area contributed by atoms with Gasteiger partial charge in [-0.05, 0) is 17.0 Å². The molecule has 1 aromatic carbocycles. The van der Waals surface area contributed by atoms with Gasteiger partial charge in [-0.1, -0.05) is 30.3 Å². The van der Waals surface area contributed by atoms with Crippen molar-refractivity contribution in [2.75, 3.05) is 5.73 Å². The maximum atomic E-state index is 5.78. The number of hydrogen-bond donors (Lipinski definition) is 1. The first-order valence-electron chi connectivity index (χ1n) is 3.76. The quantitative estimate of drug-likeness (QED) is 0.708. The van der Waals surface area contributed by atoms with Gasteiger partial charge in [0.1, 0.15) is 0 Å². The first-order valence-corrected chi connectivity index (χ1v) is 4.64. The van der Waals surface area contributed by atoms with Crippen LogP contribution in [0.1, 0.15) is 0 Å². The van der Waals surface area contributed by atoms with Gasteiger partial charge in [-0.2, -0.15) is 0 Å². The molecule has 2 N–H and O–H groups in total. The molecule has 2 rings (SSSR count). The molecule has 60 valence electrons. The number of anilines is 1. The number of nitrogens with two attached hydrogens (primary N) is 1. The monoisotopic (exact) mass is 175 g/mol. The number of hydrogen-bond acceptors (Lipinski definition) is 2. The van der Waals surface area contributed by atoms with E-state index < -0.39 is 0 Å². The van der Waals surface area contributed by atoms with Crippen LogP contribution in [0, 0.1) is 0 Å². The van der Waals surface area contributed by atoms with Crippen LogP contribution < -0.4 is 5.73 Å². The van der Waals surface area contributed by atoms with Gasteiger partial charge < -0.3 is 5.73 Å². The highest BCUT2D eigenvalue weighted by atomic mass is 32.1. The second-order valence-electron chi connectivity index (χ2n) is 2.57. The molecule has 0 fully saturated rings. The number of rotatable bonds is 1. The Morgan fingerprint density at radius 1 is 1.00 bits per heavy atom. The molecule has 1 nitrogen and oxygen atoms in total. The van der Waals surface area contributed by atoms with E-state index in [-0.39, 0.29) is 0 Å². The first kappa shape index (κ1) is 7.37. The van der Waals surface area contributed by atoms with E-state index in [1.165, 1.54) is 5.56 Å². The fourth-order valence-corrected chi connectivity index (χ4v) is 1.97. The molecule has 12 heavy (non-hydrogen) atoms. The Kier molecular flexibility index (Phi) is 1.84. The van der Waals surface area contributed by atoms with Crippen LogP contribution in [-0.4, -0.2) is 0 Å². The molecule has 2 heteroatoms. The summed E-state index contributed by atoms with van der Waals surface area (Å²) in [6.07, 6.45) is 0. The molecule has 1 aromatic heterocycles. The normalized spacial score (nSPS) is 10.0. The van der Waals surface area contributed by atoms with Crippen molar-refractivity contribution in [1.82, 2.24) is 0 Å². The highest BCUT2D eigenvalue weighted by Gasteiger charge is 2.01. The smallest absolute Gasteiger partial charge is 0.0572 e. The standard InChI is InChI=1S/C10H9NS/c11-9-6-7-12-10(9)8-4-2-1-3-5-8/h1-7H,11H2. The Bertz CT molecular complexity index is 364. The van der Waals surface area contributed by atoms with Crippen LogP contribution >= 0.6 is 11.3 Å². The van der Waals surface area contributed by atoms with E-state index in [1.54, 1.807) is 11.3 Å². The number of benzene rings is 1. The molecule has 0 aliphatic rings. The summed E-state index contributed by atoms with van der Waals surface area (Å²) in [5, 5.41) is 2.01. The Morgan fingerprint density at radius 2 is 1.75 bits per heavy atom. The molecule has 2 aromatic rings. The van der Waals surface area contributed by atoms with E-state index in [9.17, 15) is 0 Å². The Morgan fingerprint density at radius 3 is 2.33 bits per heavy atom. The maximum Gasteiger partial charge on any atom is 0.0572 e. The molecule has 0 saturated heterocycles. The SMILES string of the molecule is Nc1ccsc1-c1ccccc1. The van der Waals surface area contributed by atoms with Crippen molar-refractivity contribution in [3.63, 3.8) is 0 Å². The minimum absolute atomic E-state index is 0.867. The summed E-state index contributed by atoms with van der Waals surface area (Å²) >= 11 is 1.68. The Balaban J connectivity index is 2.51. The number of thiophene rings is 1. The van der Waals surface area contributed by atoms with Gasteiger partial charge in [0, 0.05) is 0 Å². The third-order valence-electron chi connectivity index (χ3n) is 1.73. The van der Waals surface area contributed by atoms with Gasteiger partial charge in [-0.15, -0.1) is 11.3 Å². The molecular formula is C10H9NS. The first-order chi connectivity index (χ1) is 5.88. The van der Waals surface area contributed by atoms with Crippen molar-refractivity contribution in [1.29, 1.82) is 0 Å². The van der Waals surface area contributed by atoms with Crippen molar-refractivity contribution in [2.24, 2.45) is 0 Å². The zero-order valence-corrected chi connectivity index (χ0v) is 7.34. The summed E-state index contributed by atoms with van der Waals surface area (Å²) in [6, 6.07) is 12.1. The average molecular weight is 175 g/mol. The second kappa shape index (κ2) is 2.99. The van der Waals surface area contributed by atoms with Crippen molar-refractivity contribution in [3.05, 3.63) is 41.8 Å². The van der Waals surface area contributed by atoms with Crippen LogP contribution in [-0.2, 0) is 0 Å². The van der Waals surface area contributed by atoms with Gasteiger partial charge in [-0.3, -0.25) is 0 Å². The van der Waals surface area contributed by atoms with E-state index in [2.05, 4.69) is 12.1 Å². The summed E-state index contributed by atoms with van der Waals surface area (Å²) < 4.78 is 0. The van der Waals surface area contributed by atoms with Crippen LogP contribution in [0.4, 0.5) is 5.69 Å². The Hall–Kier alpha value is -1.28. The lowest BCUT2D eigenvalue weighted by Crippen LogP contribution is -1.82. The Labute approximate surface area is 75.5 Å². The van der Waals surface area contributed by atoms with Crippen molar-refractivity contribution >= 4 is 17.0 Å². The summed E-state index contributed by atoms with van der Waals surface area (Å²) in [4.78, 5) is 1.16. The summed E-state index contributed by atoms with van der Waals surface area (Å²) in [5.74, 6) is 0. The van der Waals surface area contributed by atoms with Gasteiger partial charge >= 0.3 is 0 Å². The molecule has 1 heterocycles. The van der Waals surface area contributed by atoms with E-state index >= 15 is 0 Å². The molecule has 0 atom stereocenters. The minimum atomic E-state index is 0.867. The molecule has 0 radical (unpaired) electrons. The molecule has 0 unspecified atom stereocenters. The average Bonchev–Trinajstić information content (AvgIpc) is 2.53. The molecule has 0 aliphatic carbocycles. The number of nitrogen functional groups attached to an aromatic ring is 1. The van der Waals surface area contributed by atoms with E-state index in [1.807, 2.05) is 29.6 Å². The summed E-state index contributed by atoms with van der Waals surface area (Å²) in [5.41, 5.74) is 7.85. The van der Waals surface area contributed by atoms with Gasteiger partial charge in [-0.25, -0.2) is 0 Å². The van der Waals surface area contributed by atoms with E-state index in [0.29, 0.717) is 0 Å². The lowest BCUT2D eigenvalue weighted by Gasteiger charge is -1.97. The zero-order valence-electron chi connectivity index (χ0n) is 6.53. The molecule has 0 amide bonds. The predicted molar refractivity (Wildman–Crippen MR) is 54.2 cm³/mol. The third kappa shape index (κ3) is 1.21. The molecule has 0 spiro atoms. The zero-order chi connectivity index (χ0) is 8.39. The predicted octanol–water partition coefficient (Wildman–Crippen LogP) is 3.00. The van der Waals surface area contributed by atoms with Crippen LogP contribution in [0.2, 0.25) is 0 Å². The van der Waals surface area contributed by atoms with Crippen LogP contribution in [0.5, 0.6) is 0 Å². The lowest BCUT2D eigenvalue weighted by atomic mass is 10.2. The highest BCUT2D eigenvalue weighted by Crippen LogP contribution is 2.30. The topological polar surface area (TPSA) is 26.0 Å². The maximum absolute atomic E-state index is 5.78. The molecular weight excluding hydrogens is 166 g/mol. The van der Waals surface area contributed by atoms with Crippen LogP contribution in [0.15, 0.2) is 41.8 Å². The van der Waals surface area contributed by atoms with Crippen LogP contribution in [0.3, 0.4) is 0 Å². The van der Waals surface area contributed by atoms with Gasteiger partial charge in [0.25, 0.3) is 0 Å². The van der Waals surface area contributed by atoms with Crippen molar-refractivity contribution in [3.8, 4) is 10.4 Å². The summed E-state index contributed by atoms with van der Waals surface area (Å²) in [7, 11) is 0. The lowest BCUT2D eigenvalue weighted by molar-refractivity contribution is 1.69. The van der Waals surface area contributed by atoms with Gasteiger partial charge in [0.05, 0.1) is 10.6 Å². The minimum Gasteiger partial charge on any atom is -0.398 e. The molecule has 0 bridgehead atoms. The third-order valence-corrected chi connectivity index (χ3v) is 2.71. The van der Waals surface area contributed by atoms with Crippen LogP contribution in [0.25, 0.3) is 10.4 Å². The summed E-state index contributed by atoms with van der Waals surface area (Å²) in [6.45, 7) is 0. The largest absolute Gasteiger partial charge is 0.398 e.